The molecule has 120 valence electrons. The number of fused-ring (bicyclic) bond motifs is 1. The van der Waals surface area contributed by atoms with E-state index in [2.05, 4.69) is 9.97 Å². The van der Waals surface area contributed by atoms with E-state index in [9.17, 15) is 13.2 Å². The van der Waals surface area contributed by atoms with Crippen LogP contribution in [0.25, 0.3) is 21.6 Å². The highest BCUT2D eigenvalue weighted by atomic mass is 32.2. The largest absolute Gasteiger partial charge is 0.306 e. The van der Waals surface area contributed by atoms with E-state index in [0.717, 1.165) is 16.9 Å². The van der Waals surface area contributed by atoms with Crippen LogP contribution < -0.4 is 10.7 Å². The highest BCUT2D eigenvalue weighted by Gasteiger charge is 2.15. The first-order valence-corrected chi connectivity index (χ1v) is 9.33. The van der Waals surface area contributed by atoms with Crippen molar-refractivity contribution in [1.82, 2.24) is 9.97 Å². The van der Waals surface area contributed by atoms with Crippen LogP contribution in [0.1, 0.15) is 17.4 Å². The van der Waals surface area contributed by atoms with Crippen LogP contribution in [-0.4, -0.2) is 18.4 Å². The van der Waals surface area contributed by atoms with Crippen molar-refractivity contribution in [2.75, 3.05) is 0 Å². The summed E-state index contributed by atoms with van der Waals surface area (Å²) < 4.78 is 22.6. The lowest BCUT2D eigenvalue weighted by Crippen LogP contribution is -2.12. The molecule has 0 saturated heterocycles. The zero-order chi connectivity index (χ0) is 16.8. The lowest BCUT2D eigenvalue weighted by Gasteiger charge is -2.03. The first-order chi connectivity index (χ1) is 10.8. The van der Waals surface area contributed by atoms with Gasteiger partial charge in [-0.05, 0) is 43.2 Å². The molecular weight excluding hydrogens is 334 g/mol. The van der Waals surface area contributed by atoms with E-state index < -0.39 is 10.0 Å². The van der Waals surface area contributed by atoms with Crippen molar-refractivity contribution >= 4 is 31.6 Å². The van der Waals surface area contributed by atoms with Gasteiger partial charge in [0.15, 0.2) is 0 Å². The third-order valence-electron chi connectivity index (χ3n) is 3.67. The number of primary sulfonamides is 1. The number of aromatic amines is 1. The minimum Gasteiger partial charge on any atom is -0.306 e. The topological polar surface area (TPSA) is 106 Å². The van der Waals surface area contributed by atoms with Crippen molar-refractivity contribution in [1.29, 1.82) is 0 Å². The Morgan fingerprint density at radius 3 is 2.48 bits per heavy atom. The van der Waals surface area contributed by atoms with Gasteiger partial charge in [-0.25, -0.2) is 18.5 Å². The molecule has 23 heavy (non-hydrogen) atoms. The fourth-order valence-electron chi connectivity index (χ4n) is 2.54. The van der Waals surface area contributed by atoms with Crippen LogP contribution in [-0.2, 0) is 16.4 Å². The van der Waals surface area contributed by atoms with E-state index in [-0.39, 0.29) is 10.5 Å². The van der Waals surface area contributed by atoms with Gasteiger partial charge >= 0.3 is 0 Å². The van der Waals surface area contributed by atoms with Crippen molar-refractivity contribution in [3.05, 3.63) is 45.1 Å². The predicted octanol–water partition coefficient (Wildman–Crippen LogP) is 2.17. The molecule has 0 spiro atoms. The Kier molecular flexibility index (Phi) is 3.83. The molecule has 2 aromatic heterocycles. The molecule has 0 radical (unpaired) electrons. The average molecular weight is 349 g/mol. The Morgan fingerprint density at radius 2 is 1.91 bits per heavy atom. The van der Waals surface area contributed by atoms with Crippen LogP contribution in [0, 0.1) is 6.92 Å². The fraction of sp³-hybridized carbons (Fsp3) is 0.200. The highest BCUT2D eigenvalue weighted by Crippen LogP contribution is 2.28. The van der Waals surface area contributed by atoms with Gasteiger partial charge < -0.3 is 4.98 Å². The normalized spacial score (nSPS) is 12.0. The molecular formula is C15H15N3O3S2. The Hall–Kier alpha value is -2.03. The molecule has 0 aliphatic rings. The molecule has 3 rings (SSSR count). The number of thiophene rings is 1. The monoisotopic (exact) mass is 349 g/mol. The van der Waals surface area contributed by atoms with E-state index >= 15 is 0 Å². The van der Waals surface area contributed by atoms with E-state index in [1.807, 2.05) is 13.8 Å². The van der Waals surface area contributed by atoms with E-state index in [1.54, 1.807) is 12.1 Å². The fourth-order valence-corrected chi connectivity index (χ4v) is 4.17. The average Bonchev–Trinajstić information content (AvgIpc) is 2.82. The molecule has 0 fully saturated rings. The molecule has 2 heterocycles. The second-order valence-corrected chi connectivity index (χ2v) is 7.92. The summed E-state index contributed by atoms with van der Waals surface area (Å²) in [4.78, 5) is 21.5. The predicted molar refractivity (Wildman–Crippen MR) is 91.2 cm³/mol. The third kappa shape index (κ3) is 2.80. The minimum atomic E-state index is -3.74. The summed E-state index contributed by atoms with van der Waals surface area (Å²) in [5.74, 6) is 0.410. The van der Waals surface area contributed by atoms with Crippen molar-refractivity contribution in [3.8, 4) is 11.4 Å². The van der Waals surface area contributed by atoms with Crippen LogP contribution in [0.2, 0.25) is 0 Å². The summed E-state index contributed by atoms with van der Waals surface area (Å²) in [6, 6.07) is 5.94. The molecule has 0 aliphatic carbocycles. The van der Waals surface area contributed by atoms with Crippen molar-refractivity contribution in [3.63, 3.8) is 0 Å². The standard InChI is InChI=1S/C15H15N3O3S2/c1-3-11-8(2)22-15-12(11)14(19)17-13(18-15)9-4-6-10(7-5-9)23(16,20)21/h4-7H,3H2,1-2H3,(H2,16,20,21)(H,17,18,19). The number of aryl methyl sites for hydroxylation is 2. The molecule has 3 N–H and O–H groups in total. The van der Waals surface area contributed by atoms with Gasteiger partial charge in [-0.3, -0.25) is 4.79 Å². The zero-order valence-corrected chi connectivity index (χ0v) is 14.2. The summed E-state index contributed by atoms with van der Waals surface area (Å²) in [6.45, 7) is 3.99. The molecule has 3 aromatic rings. The van der Waals surface area contributed by atoms with E-state index in [1.165, 1.54) is 23.5 Å². The number of nitrogens with one attached hydrogen (secondary N) is 1. The number of rotatable bonds is 3. The number of H-pyrrole nitrogens is 1. The molecule has 0 bridgehead atoms. The number of hydrogen-bond acceptors (Lipinski definition) is 5. The molecule has 0 unspecified atom stereocenters. The minimum absolute atomic E-state index is 0.0184. The van der Waals surface area contributed by atoms with Crippen molar-refractivity contribution in [2.45, 2.75) is 25.2 Å². The van der Waals surface area contributed by atoms with Gasteiger partial charge in [-0.15, -0.1) is 11.3 Å². The van der Waals surface area contributed by atoms with Crippen molar-refractivity contribution in [2.24, 2.45) is 5.14 Å². The molecule has 0 saturated carbocycles. The Morgan fingerprint density at radius 1 is 1.26 bits per heavy atom. The van der Waals surface area contributed by atoms with Gasteiger partial charge in [0.25, 0.3) is 5.56 Å². The van der Waals surface area contributed by atoms with Gasteiger partial charge in [-0.1, -0.05) is 6.92 Å². The maximum atomic E-state index is 12.4. The third-order valence-corrected chi connectivity index (χ3v) is 5.64. The summed E-state index contributed by atoms with van der Waals surface area (Å²) in [5.41, 5.74) is 1.47. The van der Waals surface area contributed by atoms with Gasteiger partial charge in [-0.2, -0.15) is 0 Å². The maximum absolute atomic E-state index is 12.4. The lowest BCUT2D eigenvalue weighted by molar-refractivity contribution is 0.598. The first-order valence-electron chi connectivity index (χ1n) is 6.96. The molecule has 0 atom stereocenters. The lowest BCUT2D eigenvalue weighted by atomic mass is 10.1. The Balaban J connectivity index is 2.16. The highest BCUT2D eigenvalue weighted by molar-refractivity contribution is 7.89. The van der Waals surface area contributed by atoms with Crippen LogP contribution in [0.15, 0.2) is 34.0 Å². The van der Waals surface area contributed by atoms with Crippen LogP contribution in [0.5, 0.6) is 0 Å². The van der Waals surface area contributed by atoms with Gasteiger partial charge in [0.2, 0.25) is 10.0 Å². The summed E-state index contributed by atoms with van der Waals surface area (Å²) in [7, 11) is -3.74. The summed E-state index contributed by atoms with van der Waals surface area (Å²) in [6.07, 6.45) is 0.777. The van der Waals surface area contributed by atoms with E-state index in [4.69, 9.17) is 5.14 Å². The van der Waals surface area contributed by atoms with E-state index in [0.29, 0.717) is 21.6 Å². The Bertz CT molecular complexity index is 1050. The van der Waals surface area contributed by atoms with Gasteiger partial charge in [0.1, 0.15) is 10.7 Å². The number of benzene rings is 1. The number of nitrogens with two attached hydrogens (primary N) is 1. The number of sulfonamides is 1. The summed E-state index contributed by atoms with van der Waals surface area (Å²) in [5, 5.41) is 5.72. The molecule has 6 nitrogen and oxygen atoms in total. The van der Waals surface area contributed by atoms with Crippen LogP contribution >= 0.6 is 11.3 Å². The molecule has 0 amide bonds. The van der Waals surface area contributed by atoms with Gasteiger partial charge in [0.05, 0.1) is 10.3 Å². The second kappa shape index (κ2) is 5.55. The first kappa shape index (κ1) is 15.9. The zero-order valence-electron chi connectivity index (χ0n) is 12.6. The molecule has 8 heteroatoms. The smallest absolute Gasteiger partial charge is 0.260 e. The Labute approximate surface area is 137 Å². The molecule has 0 aliphatic heterocycles. The quantitative estimate of drug-likeness (QED) is 0.756. The van der Waals surface area contributed by atoms with Crippen molar-refractivity contribution < 1.29 is 8.42 Å². The maximum Gasteiger partial charge on any atom is 0.260 e. The second-order valence-electron chi connectivity index (χ2n) is 5.15. The number of nitrogens with zero attached hydrogens (tertiary/aromatic N) is 1. The van der Waals surface area contributed by atoms with Crippen LogP contribution in [0.4, 0.5) is 0 Å². The number of aromatic nitrogens is 2. The van der Waals surface area contributed by atoms with Gasteiger partial charge in [0, 0.05) is 10.4 Å². The molecule has 1 aromatic carbocycles. The SMILES string of the molecule is CCc1c(C)sc2nc(-c3ccc(S(N)(=O)=O)cc3)[nH]c(=O)c12. The summed E-state index contributed by atoms with van der Waals surface area (Å²) >= 11 is 1.49. The van der Waals surface area contributed by atoms with Crippen LogP contribution in [0.3, 0.4) is 0 Å². The number of hydrogen-bond donors (Lipinski definition) is 2.